The second-order valence-corrected chi connectivity index (χ2v) is 16.1. The summed E-state index contributed by atoms with van der Waals surface area (Å²) in [7, 11) is 0. The lowest BCUT2D eigenvalue weighted by Crippen LogP contribution is -2.16. The molecule has 0 N–H and O–H groups in total. The molecule has 0 atom stereocenters. The molecule has 1 heterocycles. The highest BCUT2D eigenvalue weighted by Gasteiger charge is 2.36. The van der Waals surface area contributed by atoms with Crippen LogP contribution < -0.4 is 4.90 Å². The molecule has 11 rings (SSSR count). The van der Waals surface area contributed by atoms with Gasteiger partial charge in [-0.25, -0.2) is 0 Å². The average molecular weight is 756 g/mol. The molecular formula is C57H41NO. The van der Waals surface area contributed by atoms with Crippen molar-refractivity contribution >= 4 is 39.0 Å². The number of fused-ring (bicyclic) bond motifs is 6. The molecule has 0 spiro atoms. The molecule has 0 unspecified atom stereocenters. The molecule has 2 nitrogen and oxygen atoms in total. The van der Waals surface area contributed by atoms with E-state index in [4.69, 9.17) is 4.42 Å². The third-order valence-corrected chi connectivity index (χ3v) is 12.3. The SMILES string of the molecule is CC1(C)c2cc(-c3ccccc3)ccc2-c2ccc(N(c3ccc(-c4ccccc4)cc3)c3ccc(-c4ccc(-c5cccc6c5oc5ccccc56)cc4)cc3)cc21. The molecule has 0 fully saturated rings. The summed E-state index contributed by atoms with van der Waals surface area (Å²) in [4.78, 5) is 2.39. The molecule has 0 amide bonds. The van der Waals surface area contributed by atoms with E-state index in [-0.39, 0.29) is 5.41 Å². The topological polar surface area (TPSA) is 16.4 Å². The first-order valence-corrected chi connectivity index (χ1v) is 20.4. The van der Waals surface area contributed by atoms with Gasteiger partial charge in [-0.15, -0.1) is 0 Å². The first-order chi connectivity index (χ1) is 29.0. The maximum Gasteiger partial charge on any atom is 0.143 e. The van der Waals surface area contributed by atoms with Gasteiger partial charge in [0.25, 0.3) is 0 Å². The molecule has 10 aromatic rings. The average Bonchev–Trinajstić information content (AvgIpc) is 3.79. The van der Waals surface area contributed by atoms with Crippen molar-refractivity contribution in [3.63, 3.8) is 0 Å². The van der Waals surface area contributed by atoms with Crippen molar-refractivity contribution in [2.45, 2.75) is 19.3 Å². The summed E-state index contributed by atoms with van der Waals surface area (Å²) in [5.41, 5.74) is 19.9. The van der Waals surface area contributed by atoms with Gasteiger partial charge in [0.05, 0.1) is 0 Å². The minimum Gasteiger partial charge on any atom is -0.455 e. The molecule has 0 saturated heterocycles. The molecule has 1 aliphatic rings. The number of hydrogen-bond donors (Lipinski definition) is 0. The Morgan fingerprint density at radius 1 is 0.339 bits per heavy atom. The summed E-state index contributed by atoms with van der Waals surface area (Å²) in [6.07, 6.45) is 0. The van der Waals surface area contributed by atoms with Gasteiger partial charge in [0.15, 0.2) is 0 Å². The zero-order valence-electron chi connectivity index (χ0n) is 33.1. The normalized spacial score (nSPS) is 12.7. The van der Waals surface area contributed by atoms with Crippen molar-refractivity contribution in [3.05, 3.63) is 223 Å². The summed E-state index contributed by atoms with van der Waals surface area (Å²) < 4.78 is 6.36. The molecule has 1 aromatic heterocycles. The fraction of sp³-hybridized carbons (Fsp3) is 0.0526. The third-order valence-electron chi connectivity index (χ3n) is 12.3. The first-order valence-electron chi connectivity index (χ1n) is 20.4. The van der Waals surface area contributed by atoms with Crippen LogP contribution in [0.25, 0.3) is 77.6 Å². The fourth-order valence-electron chi connectivity index (χ4n) is 9.18. The molecule has 0 saturated carbocycles. The highest BCUT2D eigenvalue weighted by Crippen LogP contribution is 2.52. The van der Waals surface area contributed by atoms with Crippen LogP contribution in [0.2, 0.25) is 0 Å². The summed E-state index contributed by atoms with van der Waals surface area (Å²) >= 11 is 0. The largest absolute Gasteiger partial charge is 0.455 e. The molecule has 0 aliphatic heterocycles. The van der Waals surface area contributed by atoms with Gasteiger partial charge in [0.2, 0.25) is 0 Å². The maximum atomic E-state index is 6.36. The maximum absolute atomic E-state index is 6.36. The number of hydrogen-bond acceptors (Lipinski definition) is 2. The van der Waals surface area contributed by atoms with Gasteiger partial charge < -0.3 is 9.32 Å². The van der Waals surface area contributed by atoms with Crippen LogP contribution in [-0.4, -0.2) is 0 Å². The van der Waals surface area contributed by atoms with Crippen molar-refractivity contribution in [2.75, 3.05) is 4.90 Å². The van der Waals surface area contributed by atoms with E-state index in [0.717, 1.165) is 50.1 Å². The smallest absolute Gasteiger partial charge is 0.143 e. The fourth-order valence-corrected chi connectivity index (χ4v) is 9.18. The highest BCUT2D eigenvalue weighted by atomic mass is 16.3. The molecule has 59 heavy (non-hydrogen) atoms. The van der Waals surface area contributed by atoms with Gasteiger partial charge in [0, 0.05) is 38.8 Å². The van der Waals surface area contributed by atoms with Crippen molar-refractivity contribution in [3.8, 4) is 55.6 Å². The van der Waals surface area contributed by atoms with Crippen LogP contribution >= 0.6 is 0 Å². The van der Waals surface area contributed by atoms with E-state index in [1.807, 2.05) is 12.1 Å². The van der Waals surface area contributed by atoms with Gasteiger partial charge in [-0.05, 0) is 110 Å². The zero-order chi connectivity index (χ0) is 39.5. The van der Waals surface area contributed by atoms with E-state index in [0.29, 0.717) is 0 Å². The van der Waals surface area contributed by atoms with E-state index >= 15 is 0 Å². The van der Waals surface area contributed by atoms with Crippen LogP contribution in [0.5, 0.6) is 0 Å². The predicted octanol–water partition coefficient (Wildman–Crippen LogP) is 16.0. The first kappa shape index (κ1) is 34.8. The third kappa shape index (κ3) is 5.96. The standard InChI is InChI=1S/C57H41NO/c1-57(2)53-36-44(39-14-7-4-8-15-39)28-34-49(53)50-35-33-47(37-54(50)57)58(45-29-24-41(25-30-45)38-12-5-3-6-13-38)46-31-26-42(27-32-46)40-20-22-43(23-21-40)48-17-11-18-52-51-16-9-10-19-55(51)59-56(48)52/h3-37H,1-2H3. The second-order valence-electron chi connectivity index (χ2n) is 16.1. The van der Waals surface area contributed by atoms with Crippen LogP contribution in [0, 0.1) is 0 Å². The van der Waals surface area contributed by atoms with Crippen LogP contribution in [-0.2, 0) is 5.41 Å². The Labute approximate surface area is 345 Å². The van der Waals surface area contributed by atoms with Crippen LogP contribution in [0.15, 0.2) is 217 Å². The Morgan fingerprint density at radius 3 is 1.44 bits per heavy atom. The molecule has 9 aromatic carbocycles. The van der Waals surface area contributed by atoms with Gasteiger partial charge in [-0.2, -0.15) is 0 Å². The number of nitrogens with zero attached hydrogens (tertiary/aromatic N) is 1. The van der Waals surface area contributed by atoms with Crippen LogP contribution in [0.3, 0.4) is 0 Å². The van der Waals surface area contributed by atoms with Crippen molar-refractivity contribution in [2.24, 2.45) is 0 Å². The minimum absolute atomic E-state index is 0.166. The monoisotopic (exact) mass is 755 g/mol. The predicted molar refractivity (Wildman–Crippen MR) is 248 cm³/mol. The Bertz CT molecular complexity index is 3140. The summed E-state index contributed by atoms with van der Waals surface area (Å²) in [6, 6.07) is 76.8. The van der Waals surface area contributed by atoms with Gasteiger partial charge in [-0.1, -0.05) is 178 Å². The molecule has 2 heteroatoms. The quantitative estimate of drug-likeness (QED) is 0.161. The second kappa shape index (κ2) is 13.9. The van der Waals surface area contributed by atoms with Crippen molar-refractivity contribution in [1.82, 2.24) is 0 Å². The van der Waals surface area contributed by atoms with E-state index in [1.54, 1.807) is 0 Å². The number of benzene rings is 9. The molecule has 0 radical (unpaired) electrons. The number of rotatable bonds is 7. The lowest BCUT2D eigenvalue weighted by atomic mass is 9.81. The Hall–Kier alpha value is -7.42. The lowest BCUT2D eigenvalue weighted by molar-refractivity contribution is 0.660. The molecular weight excluding hydrogens is 715 g/mol. The zero-order valence-corrected chi connectivity index (χ0v) is 33.1. The van der Waals surface area contributed by atoms with E-state index in [1.165, 1.54) is 55.6 Å². The lowest BCUT2D eigenvalue weighted by Gasteiger charge is -2.28. The van der Waals surface area contributed by atoms with Crippen molar-refractivity contribution < 1.29 is 4.42 Å². The highest BCUT2D eigenvalue weighted by molar-refractivity contribution is 6.09. The van der Waals surface area contributed by atoms with Crippen molar-refractivity contribution in [1.29, 1.82) is 0 Å². The molecule has 1 aliphatic carbocycles. The molecule has 0 bridgehead atoms. The summed E-state index contributed by atoms with van der Waals surface area (Å²) in [5, 5.41) is 2.29. The molecule has 280 valence electrons. The van der Waals surface area contributed by atoms with E-state index in [9.17, 15) is 0 Å². The number of anilines is 3. The van der Waals surface area contributed by atoms with Crippen LogP contribution in [0.4, 0.5) is 17.1 Å². The number of furan rings is 1. The van der Waals surface area contributed by atoms with E-state index in [2.05, 4.69) is 219 Å². The Morgan fingerprint density at radius 2 is 0.797 bits per heavy atom. The van der Waals surface area contributed by atoms with Crippen LogP contribution in [0.1, 0.15) is 25.0 Å². The number of para-hydroxylation sites is 2. The van der Waals surface area contributed by atoms with Gasteiger partial charge in [0.1, 0.15) is 11.2 Å². The Balaban J connectivity index is 0.952. The Kier molecular flexibility index (Phi) is 8.20. The summed E-state index contributed by atoms with van der Waals surface area (Å²) in [6.45, 7) is 4.73. The minimum atomic E-state index is -0.166. The van der Waals surface area contributed by atoms with Gasteiger partial charge >= 0.3 is 0 Å². The van der Waals surface area contributed by atoms with Gasteiger partial charge in [-0.3, -0.25) is 0 Å². The van der Waals surface area contributed by atoms with E-state index < -0.39 is 0 Å². The summed E-state index contributed by atoms with van der Waals surface area (Å²) in [5.74, 6) is 0.